The highest BCUT2D eigenvalue weighted by atomic mass is 32.2. The van der Waals surface area contributed by atoms with Gasteiger partial charge in [0.05, 0.1) is 20.5 Å². The van der Waals surface area contributed by atoms with Crippen LogP contribution in [0.5, 0.6) is 0 Å². The van der Waals surface area contributed by atoms with Crippen molar-refractivity contribution in [3.63, 3.8) is 0 Å². The van der Waals surface area contributed by atoms with E-state index in [9.17, 15) is 13.2 Å². The molecule has 4 saturated carbocycles. The van der Waals surface area contributed by atoms with Gasteiger partial charge in [-0.25, -0.2) is 18.1 Å². The predicted octanol–water partition coefficient (Wildman–Crippen LogP) is 3.36. The first kappa shape index (κ1) is 17.6. The number of nitrogens with one attached hydrogen (secondary N) is 2. The number of carbonyl (C=O) groups is 1. The number of amides is 1. The number of aromatic nitrogens is 1. The van der Waals surface area contributed by atoms with Crippen molar-refractivity contribution in [2.24, 2.45) is 23.2 Å². The largest absolute Gasteiger partial charge is 0.301 e. The van der Waals surface area contributed by atoms with Crippen LogP contribution in [0.2, 0.25) is 0 Å². The molecule has 6 nitrogen and oxygen atoms in total. The van der Waals surface area contributed by atoms with Crippen molar-refractivity contribution in [1.82, 2.24) is 9.71 Å². The Hall–Kier alpha value is -1.51. The highest BCUT2D eigenvalue weighted by Gasteiger charge is 2.54. The molecular weight excluding hydrogens is 382 g/mol. The maximum absolute atomic E-state index is 13.2. The molecule has 2 aromatic rings. The van der Waals surface area contributed by atoms with Gasteiger partial charge < -0.3 is 5.32 Å². The molecule has 2 N–H and O–H groups in total. The van der Waals surface area contributed by atoms with Gasteiger partial charge in [0.2, 0.25) is 15.9 Å². The van der Waals surface area contributed by atoms with Gasteiger partial charge in [-0.2, -0.15) is 0 Å². The molecule has 4 fully saturated rings. The highest BCUT2D eigenvalue weighted by molar-refractivity contribution is 7.89. The SMILES string of the molecule is CNS(=O)(=O)c1ccc2nc(NC(=O)C34CC5CC(CC(C5)C3)C4)sc2c1. The lowest BCUT2D eigenvalue weighted by molar-refractivity contribution is -0.140. The third-order valence-corrected chi connectivity index (χ3v) is 9.02. The Labute approximate surface area is 162 Å². The van der Waals surface area contributed by atoms with Crippen LogP contribution in [0.4, 0.5) is 5.13 Å². The van der Waals surface area contributed by atoms with Crippen molar-refractivity contribution >= 4 is 42.6 Å². The first-order valence-corrected chi connectivity index (χ1v) is 11.8. The minimum Gasteiger partial charge on any atom is -0.301 e. The van der Waals surface area contributed by atoms with Crippen molar-refractivity contribution < 1.29 is 13.2 Å². The summed E-state index contributed by atoms with van der Waals surface area (Å²) >= 11 is 1.34. The van der Waals surface area contributed by atoms with Crippen LogP contribution >= 0.6 is 11.3 Å². The quantitative estimate of drug-likeness (QED) is 0.816. The van der Waals surface area contributed by atoms with E-state index >= 15 is 0 Å². The number of nitrogens with zero attached hydrogens (tertiary/aromatic N) is 1. The van der Waals surface area contributed by atoms with Crippen molar-refractivity contribution in [3.8, 4) is 0 Å². The summed E-state index contributed by atoms with van der Waals surface area (Å²) in [7, 11) is -2.10. The number of sulfonamides is 1. The Morgan fingerprint density at radius 2 is 1.78 bits per heavy atom. The second-order valence-electron chi connectivity index (χ2n) is 8.51. The second kappa shape index (κ2) is 5.99. The summed E-state index contributed by atoms with van der Waals surface area (Å²) < 4.78 is 27.1. The number of thiazole rings is 1. The monoisotopic (exact) mass is 405 g/mol. The van der Waals surface area contributed by atoms with Crippen LogP contribution in [0.25, 0.3) is 10.2 Å². The number of hydrogen-bond acceptors (Lipinski definition) is 5. The molecule has 1 aromatic carbocycles. The van der Waals surface area contributed by atoms with Gasteiger partial charge in [0.25, 0.3) is 0 Å². The molecule has 0 atom stereocenters. The molecule has 1 amide bonds. The number of carbonyl (C=O) groups excluding carboxylic acids is 1. The van der Waals surface area contributed by atoms with Crippen molar-refractivity contribution in [1.29, 1.82) is 0 Å². The van der Waals surface area contributed by atoms with E-state index in [0.29, 0.717) is 28.4 Å². The maximum atomic E-state index is 13.2. The van der Waals surface area contributed by atoms with Gasteiger partial charge in [-0.05, 0) is 81.5 Å². The average Bonchev–Trinajstić information content (AvgIpc) is 3.02. The topological polar surface area (TPSA) is 88.2 Å². The molecule has 1 heterocycles. The van der Waals surface area contributed by atoms with Gasteiger partial charge in [0, 0.05) is 0 Å². The number of fused-ring (bicyclic) bond motifs is 1. The molecule has 0 aliphatic heterocycles. The summed E-state index contributed by atoms with van der Waals surface area (Å²) in [6.07, 6.45) is 6.95. The molecule has 0 unspecified atom stereocenters. The van der Waals surface area contributed by atoms with Gasteiger partial charge in [0.15, 0.2) is 5.13 Å². The number of anilines is 1. The zero-order chi connectivity index (χ0) is 18.8. The van der Waals surface area contributed by atoms with Crippen molar-refractivity contribution in [2.75, 3.05) is 12.4 Å². The summed E-state index contributed by atoms with van der Waals surface area (Å²) in [6, 6.07) is 4.84. The lowest BCUT2D eigenvalue weighted by atomic mass is 9.49. The summed E-state index contributed by atoms with van der Waals surface area (Å²) in [4.78, 5) is 17.9. The van der Waals surface area contributed by atoms with E-state index in [1.54, 1.807) is 18.2 Å². The van der Waals surface area contributed by atoms with E-state index in [2.05, 4.69) is 15.0 Å². The fraction of sp³-hybridized carbons (Fsp3) is 0.579. The van der Waals surface area contributed by atoms with Crippen LogP contribution in [0, 0.1) is 23.2 Å². The van der Waals surface area contributed by atoms with E-state index in [4.69, 9.17) is 0 Å². The fourth-order valence-corrected chi connectivity index (χ4v) is 7.59. The molecular formula is C19H23N3O3S2. The average molecular weight is 406 g/mol. The molecule has 1 aromatic heterocycles. The van der Waals surface area contributed by atoms with Crippen molar-refractivity contribution in [3.05, 3.63) is 18.2 Å². The molecule has 27 heavy (non-hydrogen) atoms. The summed E-state index contributed by atoms with van der Waals surface area (Å²) in [5, 5.41) is 3.62. The first-order valence-electron chi connectivity index (χ1n) is 9.52. The van der Waals surface area contributed by atoms with E-state index in [-0.39, 0.29) is 16.2 Å². The first-order chi connectivity index (χ1) is 12.9. The second-order valence-corrected chi connectivity index (χ2v) is 11.4. The van der Waals surface area contributed by atoms with Crippen LogP contribution < -0.4 is 10.0 Å². The fourth-order valence-electron chi connectivity index (χ4n) is 5.86. The van der Waals surface area contributed by atoms with Crippen LogP contribution in [0.1, 0.15) is 38.5 Å². The lowest BCUT2D eigenvalue weighted by Gasteiger charge is -2.55. The third kappa shape index (κ3) is 2.89. The Balaban J connectivity index is 1.41. The zero-order valence-electron chi connectivity index (χ0n) is 15.2. The molecule has 4 aliphatic carbocycles. The number of benzene rings is 1. The Bertz CT molecular complexity index is 993. The van der Waals surface area contributed by atoms with Gasteiger partial charge in [0.1, 0.15) is 0 Å². The van der Waals surface area contributed by atoms with E-state index in [1.165, 1.54) is 37.6 Å². The minimum absolute atomic E-state index is 0.115. The number of rotatable bonds is 4. The highest BCUT2D eigenvalue weighted by Crippen LogP contribution is 2.60. The number of hydrogen-bond donors (Lipinski definition) is 2. The molecule has 144 valence electrons. The Morgan fingerprint density at radius 1 is 1.15 bits per heavy atom. The standard InChI is InChI=1S/C19H23N3O3S2/c1-20-27(24,25)14-2-3-15-16(7-14)26-18(21-15)22-17(23)19-8-11-4-12(9-19)6-13(5-11)10-19/h2-3,7,11-13,20H,4-6,8-10H2,1H3,(H,21,22,23). The third-order valence-electron chi connectivity index (χ3n) is 6.68. The van der Waals surface area contributed by atoms with E-state index in [0.717, 1.165) is 24.0 Å². The molecule has 6 rings (SSSR count). The smallest absolute Gasteiger partial charge is 0.240 e. The normalized spacial score (nSPS) is 32.1. The molecule has 4 bridgehead atoms. The lowest BCUT2D eigenvalue weighted by Crippen LogP contribution is -2.51. The van der Waals surface area contributed by atoms with Crippen molar-refractivity contribution in [2.45, 2.75) is 43.4 Å². The zero-order valence-corrected chi connectivity index (χ0v) is 16.8. The van der Waals surface area contributed by atoms with Crippen LogP contribution in [-0.4, -0.2) is 26.4 Å². The van der Waals surface area contributed by atoms with Crippen LogP contribution in [0.3, 0.4) is 0 Å². The Kier molecular flexibility index (Phi) is 3.90. The summed E-state index contributed by atoms with van der Waals surface area (Å²) in [5.41, 5.74) is 0.489. The molecule has 4 aliphatic rings. The summed E-state index contributed by atoms with van der Waals surface area (Å²) in [6.45, 7) is 0. The van der Waals surface area contributed by atoms with Gasteiger partial charge >= 0.3 is 0 Å². The van der Waals surface area contributed by atoms with Crippen LogP contribution in [-0.2, 0) is 14.8 Å². The predicted molar refractivity (Wildman–Crippen MR) is 105 cm³/mol. The van der Waals surface area contributed by atoms with Gasteiger partial charge in [-0.15, -0.1) is 0 Å². The van der Waals surface area contributed by atoms with E-state index < -0.39 is 10.0 Å². The molecule has 0 spiro atoms. The van der Waals surface area contributed by atoms with E-state index in [1.807, 2.05) is 0 Å². The Morgan fingerprint density at radius 3 is 2.37 bits per heavy atom. The van der Waals surface area contributed by atoms with Crippen LogP contribution in [0.15, 0.2) is 23.1 Å². The minimum atomic E-state index is -3.49. The van der Waals surface area contributed by atoms with Gasteiger partial charge in [-0.3, -0.25) is 4.79 Å². The van der Waals surface area contributed by atoms with Gasteiger partial charge in [-0.1, -0.05) is 11.3 Å². The molecule has 0 radical (unpaired) electrons. The molecule has 8 heteroatoms. The molecule has 0 saturated heterocycles. The summed E-state index contributed by atoms with van der Waals surface area (Å²) in [5.74, 6) is 2.26. The maximum Gasteiger partial charge on any atom is 0.240 e.